The second-order valence-corrected chi connectivity index (χ2v) is 4.92. The van der Waals surface area contributed by atoms with E-state index in [0.29, 0.717) is 24.6 Å². The Morgan fingerprint density at radius 1 is 1.21 bits per heavy atom. The van der Waals surface area contributed by atoms with Crippen molar-refractivity contribution < 1.29 is 14.0 Å². The molecule has 0 saturated heterocycles. The summed E-state index contributed by atoms with van der Waals surface area (Å²) in [6.45, 7) is 0. The molecule has 5 nitrogen and oxygen atoms in total. The average Bonchev–Trinajstić information content (AvgIpc) is 3.01. The van der Waals surface area contributed by atoms with Crippen LogP contribution in [0.15, 0.2) is 39.5 Å². The molecule has 1 aromatic carbocycles. The average molecular weight is 256 g/mol. The molecule has 0 aliphatic heterocycles. The van der Waals surface area contributed by atoms with E-state index in [1.54, 1.807) is 6.26 Å². The number of hydrogen-bond donors (Lipinski definition) is 1. The molecule has 5 heteroatoms. The molecule has 1 saturated carbocycles. The second kappa shape index (κ2) is 3.93. The Labute approximate surface area is 108 Å². The summed E-state index contributed by atoms with van der Waals surface area (Å²) in [4.78, 5) is 4.41. The van der Waals surface area contributed by atoms with Crippen LogP contribution < -0.4 is 0 Å². The lowest BCUT2D eigenvalue weighted by Gasteiger charge is -2.27. The van der Waals surface area contributed by atoms with Gasteiger partial charge in [-0.05, 0) is 18.9 Å². The first-order valence-corrected chi connectivity index (χ1v) is 6.29. The van der Waals surface area contributed by atoms with Crippen molar-refractivity contribution in [3.05, 3.63) is 36.4 Å². The van der Waals surface area contributed by atoms with Crippen LogP contribution in [-0.2, 0) is 0 Å². The lowest BCUT2D eigenvalue weighted by atomic mass is 9.82. The van der Waals surface area contributed by atoms with E-state index in [-0.39, 0.29) is 12.0 Å². The van der Waals surface area contributed by atoms with Gasteiger partial charge in [-0.2, -0.15) is 4.98 Å². The summed E-state index contributed by atoms with van der Waals surface area (Å²) in [6, 6.07) is 7.75. The molecule has 0 bridgehead atoms. The molecular formula is C14H12N2O3. The van der Waals surface area contributed by atoms with Crippen LogP contribution >= 0.6 is 0 Å². The maximum Gasteiger partial charge on any atom is 0.230 e. The molecule has 19 heavy (non-hydrogen) atoms. The molecule has 0 unspecified atom stereocenters. The SMILES string of the molecule is OC1CC(c2nc(-c3coc4ccccc34)no2)C1. The fourth-order valence-corrected chi connectivity index (χ4v) is 2.45. The molecule has 0 atom stereocenters. The minimum absolute atomic E-state index is 0.189. The number of aliphatic hydroxyl groups excluding tert-OH is 1. The Morgan fingerprint density at radius 3 is 2.89 bits per heavy atom. The normalized spacial score (nSPS) is 22.6. The molecule has 0 radical (unpaired) electrons. The second-order valence-electron chi connectivity index (χ2n) is 4.92. The van der Waals surface area contributed by atoms with Crippen molar-refractivity contribution in [1.82, 2.24) is 10.1 Å². The van der Waals surface area contributed by atoms with Crippen molar-refractivity contribution in [2.24, 2.45) is 0 Å². The number of furan rings is 1. The number of para-hydroxylation sites is 1. The predicted octanol–water partition coefficient (Wildman–Crippen LogP) is 2.72. The van der Waals surface area contributed by atoms with Crippen LogP contribution in [-0.4, -0.2) is 21.4 Å². The third kappa shape index (κ3) is 1.66. The first kappa shape index (κ1) is 10.8. The quantitative estimate of drug-likeness (QED) is 0.763. The summed E-state index contributed by atoms with van der Waals surface area (Å²) >= 11 is 0. The Morgan fingerprint density at radius 2 is 2.05 bits per heavy atom. The third-order valence-electron chi connectivity index (χ3n) is 3.63. The zero-order valence-electron chi connectivity index (χ0n) is 10.1. The standard InChI is InChI=1S/C14H12N2O3/c17-9-5-8(6-9)14-15-13(16-19-14)11-7-18-12-4-2-1-3-10(11)12/h1-4,7-9,17H,5-6H2. The third-order valence-corrected chi connectivity index (χ3v) is 3.63. The highest BCUT2D eigenvalue weighted by Crippen LogP contribution is 2.37. The number of fused-ring (bicyclic) bond motifs is 1. The van der Waals surface area contributed by atoms with Gasteiger partial charge < -0.3 is 14.0 Å². The Hall–Kier alpha value is -2.14. The zero-order chi connectivity index (χ0) is 12.8. The monoisotopic (exact) mass is 256 g/mol. The highest BCUT2D eigenvalue weighted by Gasteiger charge is 2.33. The topological polar surface area (TPSA) is 72.3 Å². The maximum atomic E-state index is 9.31. The number of rotatable bonds is 2. The molecule has 2 heterocycles. The van der Waals surface area contributed by atoms with Gasteiger partial charge >= 0.3 is 0 Å². The Balaban J connectivity index is 1.72. The van der Waals surface area contributed by atoms with E-state index in [1.165, 1.54) is 0 Å². The van der Waals surface area contributed by atoms with Crippen LogP contribution in [0, 0.1) is 0 Å². The minimum atomic E-state index is -0.227. The molecule has 1 fully saturated rings. The number of aliphatic hydroxyl groups is 1. The van der Waals surface area contributed by atoms with E-state index in [0.717, 1.165) is 16.5 Å². The van der Waals surface area contributed by atoms with Crippen LogP contribution in [0.3, 0.4) is 0 Å². The van der Waals surface area contributed by atoms with Crippen molar-refractivity contribution in [3.63, 3.8) is 0 Å². The Bertz CT molecular complexity index is 725. The zero-order valence-corrected chi connectivity index (χ0v) is 10.1. The van der Waals surface area contributed by atoms with E-state index in [9.17, 15) is 5.11 Å². The Kier molecular flexibility index (Phi) is 2.22. The van der Waals surface area contributed by atoms with Crippen molar-refractivity contribution >= 4 is 11.0 Å². The molecule has 2 aromatic heterocycles. The van der Waals surface area contributed by atoms with Crippen LogP contribution in [0.5, 0.6) is 0 Å². The fraction of sp³-hybridized carbons (Fsp3) is 0.286. The minimum Gasteiger partial charge on any atom is -0.464 e. The van der Waals surface area contributed by atoms with Crippen molar-refractivity contribution in [1.29, 1.82) is 0 Å². The van der Waals surface area contributed by atoms with Gasteiger partial charge in [0, 0.05) is 11.3 Å². The van der Waals surface area contributed by atoms with E-state index >= 15 is 0 Å². The molecule has 96 valence electrons. The van der Waals surface area contributed by atoms with Crippen molar-refractivity contribution in [2.45, 2.75) is 24.9 Å². The van der Waals surface area contributed by atoms with E-state index in [2.05, 4.69) is 10.1 Å². The van der Waals surface area contributed by atoms with Gasteiger partial charge in [-0.15, -0.1) is 0 Å². The molecule has 1 aliphatic rings. The van der Waals surface area contributed by atoms with Gasteiger partial charge in [-0.25, -0.2) is 0 Å². The van der Waals surface area contributed by atoms with Crippen LogP contribution in [0.1, 0.15) is 24.7 Å². The highest BCUT2D eigenvalue weighted by atomic mass is 16.5. The molecule has 1 N–H and O–H groups in total. The maximum absolute atomic E-state index is 9.31. The highest BCUT2D eigenvalue weighted by molar-refractivity contribution is 5.91. The summed E-state index contributed by atoms with van der Waals surface area (Å²) in [7, 11) is 0. The van der Waals surface area contributed by atoms with Gasteiger partial charge in [0.15, 0.2) is 0 Å². The molecule has 0 spiro atoms. The first-order valence-electron chi connectivity index (χ1n) is 6.29. The molecule has 1 aliphatic carbocycles. The largest absolute Gasteiger partial charge is 0.464 e. The van der Waals surface area contributed by atoms with Gasteiger partial charge in [0.2, 0.25) is 11.7 Å². The number of nitrogens with zero attached hydrogens (tertiary/aromatic N) is 2. The van der Waals surface area contributed by atoms with Gasteiger partial charge in [0.05, 0.1) is 11.7 Å². The van der Waals surface area contributed by atoms with Crippen LogP contribution in [0.4, 0.5) is 0 Å². The van der Waals surface area contributed by atoms with Crippen LogP contribution in [0.25, 0.3) is 22.4 Å². The smallest absolute Gasteiger partial charge is 0.230 e. The molecule has 4 rings (SSSR count). The van der Waals surface area contributed by atoms with E-state index < -0.39 is 0 Å². The van der Waals surface area contributed by atoms with Crippen molar-refractivity contribution in [3.8, 4) is 11.4 Å². The fourth-order valence-electron chi connectivity index (χ4n) is 2.45. The van der Waals surface area contributed by atoms with Gasteiger partial charge in [0.25, 0.3) is 0 Å². The van der Waals surface area contributed by atoms with Gasteiger partial charge in [-0.1, -0.05) is 23.4 Å². The molecular weight excluding hydrogens is 244 g/mol. The van der Waals surface area contributed by atoms with Gasteiger partial charge in [0.1, 0.15) is 11.8 Å². The summed E-state index contributed by atoms with van der Waals surface area (Å²) in [5, 5.41) is 14.3. The summed E-state index contributed by atoms with van der Waals surface area (Å²) in [5.41, 5.74) is 1.65. The predicted molar refractivity (Wildman–Crippen MR) is 67.5 cm³/mol. The van der Waals surface area contributed by atoms with Crippen molar-refractivity contribution in [2.75, 3.05) is 0 Å². The number of aromatic nitrogens is 2. The lowest BCUT2D eigenvalue weighted by molar-refractivity contribution is 0.0625. The lowest BCUT2D eigenvalue weighted by Crippen LogP contribution is -2.26. The van der Waals surface area contributed by atoms with Crippen LogP contribution in [0.2, 0.25) is 0 Å². The first-order chi connectivity index (χ1) is 9.31. The van der Waals surface area contributed by atoms with Gasteiger partial charge in [-0.3, -0.25) is 0 Å². The van der Waals surface area contributed by atoms with E-state index in [4.69, 9.17) is 8.94 Å². The van der Waals surface area contributed by atoms with E-state index in [1.807, 2.05) is 24.3 Å². The number of benzene rings is 1. The molecule has 0 amide bonds. The summed E-state index contributed by atoms with van der Waals surface area (Å²) < 4.78 is 10.7. The summed E-state index contributed by atoms with van der Waals surface area (Å²) in [6.07, 6.45) is 2.83. The number of hydrogen-bond acceptors (Lipinski definition) is 5. The summed E-state index contributed by atoms with van der Waals surface area (Å²) in [5.74, 6) is 1.33. The molecule has 3 aromatic rings.